The van der Waals surface area contributed by atoms with Gasteiger partial charge < -0.3 is 4.57 Å². The van der Waals surface area contributed by atoms with Crippen LogP contribution in [0.15, 0.2) is 54.1 Å². The Bertz CT molecular complexity index is 1190. The maximum Gasteiger partial charge on any atom is 0.335 e. The summed E-state index contributed by atoms with van der Waals surface area (Å²) >= 11 is 0. The van der Waals surface area contributed by atoms with Crippen molar-refractivity contribution in [3.8, 4) is 0 Å². The lowest BCUT2D eigenvalue weighted by molar-refractivity contribution is -0.122. The first-order valence-corrected chi connectivity index (χ1v) is 9.46. The predicted molar refractivity (Wildman–Crippen MR) is 112 cm³/mol. The second kappa shape index (κ2) is 7.05. The van der Waals surface area contributed by atoms with E-state index in [-0.39, 0.29) is 5.57 Å². The van der Waals surface area contributed by atoms with Crippen LogP contribution >= 0.6 is 0 Å². The average Bonchev–Trinajstić information content (AvgIpc) is 2.96. The number of para-hydroxylation sites is 1. The van der Waals surface area contributed by atoms with Crippen molar-refractivity contribution >= 4 is 40.5 Å². The maximum atomic E-state index is 13.1. The Morgan fingerprint density at radius 1 is 1.00 bits per heavy atom. The number of amides is 4. The number of aromatic nitrogens is 1. The molecule has 0 saturated carbocycles. The molecule has 1 aliphatic heterocycles. The number of hydrogen-bond donors (Lipinski definition) is 1. The molecule has 1 saturated heterocycles. The van der Waals surface area contributed by atoms with E-state index in [1.54, 1.807) is 18.2 Å². The van der Waals surface area contributed by atoms with E-state index in [1.165, 1.54) is 0 Å². The van der Waals surface area contributed by atoms with Crippen molar-refractivity contribution in [2.45, 2.75) is 20.3 Å². The average molecular weight is 387 g/mol. The van der Waals surface area contributed by atoms with Crippen LogP contribution in [0.1, 0.15) is 23.7 Å². The topological polar surface area (TPSA) is 71.4 Å². The van der Waals surface area contributed by atoms with Gasteiger partial charge in [0.1, 0.15) is 5.57 Å². The fraction of sp³-hybridized carbons (Fsp3) is 0.174. The number of imide groups is 2. The summed E-state index contributed by atoms with van der Waals surface area (Å²) in [7, 11) is 1.94. The molecule has 3 aromatic rings. The van der Waals surface area contributed by atoms with Gasteiger partial charge in [-0.3, -0.25) is 14.9 Å². The fourth-order valence-electron chi connectivity index (χ4n) is 3.65. The minimum absolute atomic E-state index is 0.0661. The zero-order valence-corrected chi connectivity index (χ0v) is 16.5. The summed E-state index contributed by atoms with van der Waals surface area (Å²) in [5.74, 6) is -1.32. The first-order chi connectivity index (χ1) is 13.9. The van der Waals surface area contributed by atoms with E-state index >= 15 is 0 Å². The van der Waals surface area contributed by atoms with Crippen molar-refractivity contribution in [1.82, 2.24) is 9.88 Å². The number of hydrogen-bond acceptors (Lipinski definition) is 3. The molecule has 0 unspecified atom stereocenters. The first kappa shape index (κ1) is 18.7. The summed E-state index contributed by atoms with van der Waals surface area (Å²) < 4.78 is 2.01. The summed E-state index contributed by atoms with van der Waals surface area (Å²) in [6.45, 7) is 3.96. The predicted octanol–water partition coefficient (Wildman–Crippen LogP) is 3.72. The number of anilines is 1. The number of rotatable bonds is 3. The lowest BCUT2D eigenvalue weighted by Gasteiger charge is -2.26. The van der Waals surface area contributed by atoms with Crippen molar-refractivity contribution in [3.05, 3.63) is 70.9 Å². The largest absolute Gasteiger partial charge is 0.347 e. The molecule has 146 valence electrons. The van der Waals surface area contributed by atoms with E-state index in [4.69, 9.17) is 0 Å². The van der Waals surface area contributed by atoms with Crippen LogP contribution in [0.25, 0.3) is 17.0 Å². The molecule has 6 nitrogen and oxygen atoms in total. The van der Waals surface area contributed by atoms with E-state index in [2.05, 4.69) is 5.32 Å². The molecule has 0 aliphatic carbocycles. The Kier molecular flexibility index (Phi) is 4.54. The number of benzene rings is 2. The van der Waals surface area contributed by atoms with Crippen molar-refractivity contribution in [2.24, 2.45) is 7.05 Å². The number of barbiturate groups is 1. The molecule has 1 N–H and O–H groups in total. The molecule has 4 amide bonds. The van der Waals surface area contributed by atoms with Gasteiger partial charge in [-0.15, -0.1) is 0 Å². The van der Waals surface area contributed by atoms with Crippen LogP contribution in [0, 0.1) is 6.92 Å². The van der Waals surface area contributed by atoms with Crippen LogP contribution in [0.3, 0.4) is 0 Å². The van der Waals surface area contributed by atoms with Gasteiger partial charge in [0.05, 0.1) is 5.69 Å². The molecule has 0 radical (unpaired) electrons. The Morgan fingerprint density at radius 2 is 1.69 bits per heavy atom. The van der Waals surface area contributed by atoms with Crippen LogP contribution in [-0.2, 0) is 23.1 Å². The number of urea groups is 1. The molecular formula is C23H21N3O3. The third-order valence-electron chi connectivity index (χ3n) is 5.44. The Hall–Kier alpha value is -3.67. The second-order valence-electron chi connectivity index (χ2n) is 7.05. The van der Waals surface area contributed by atoms with Crippen LogP contribution in [0.4, 0.5) is 10.5 Å². The SMILES string of the molecule is CCc1ccc(N2C(=O)NC(=O)/C(=C/c3c(C)n(C)c4ccccc34)C2=O)cc1. The summed E-state index contributed by atoms with van der Waals surface area (Å²) in [5, 5.41) is 3.22. The molecule has 2 heterocycles. The fourth-order valence-corrected chi connectivity index (χ4v) is 3.65. The van der Waals surface area contributed by atoms with Crippen molar-refractivity contribution in [2.75, 3.05) is 4.90 Å². The first-order valence-electron chi connectivity index (χ1n) is 9.46. The van der Waals surface area contributed by atoms with Gasteiger partial charge >= 0.3 is 6.03 Å². The summed E-state index contributed by atoms with van der Waals surface area (Å²) in [5.41, 5.74) is 4.18. The highest BCUT2D eigenvalue weighted by atomic mass is 16.2. The van der Waals surface area contributed by atoms with Crippen LogP contribution in [0.5, 0.6) is 0 Å². The smallest absolute Gasteiger partial charge is 0.335 e. The number of aryl methyl sites for hydroxylation is 2. The lowest BCUT2D eigenvalue weighted by atomic mass is 10.0. The van der Waals surface area contributed by atoms with Gasteiger partial charge in [0, 0.05) is 29.2 Å². The zero-order chi connectivity index (χ0) is 20.7. The molecule has 0 spiro atoms. The zero-order valence-electron chi connectivity index (χ0n) is 16.5. The van der Waals surface area contributed by atoms with E-state index in [0.29, 0.717) is 5.69 Å². The van der Waals surface area contributed by atoms with E-state index in [0.717, 1.165) is 39.0 Å². The van der Waals surface area contributed by atoms with Gasteiger partial charge in [0.25, 0.3) is 11.8 Å². The van der Waals surface area contributed by atoms with Gasteiger partial charge in [0.15, 0.2) is 0 Å². The van der Waals surface area contributed by atoms with Crippen molar-refractivity contribution < 1.29 is 14.4 Å². The van der Waals surface area contributed by atoms with Gasteiger partial charge in [-0.1, -0.05) is 37.3 Å². The molecule has 1 fully saturated rings. The van der Waals surface area contributed by atoms with Crippen molar-refractivity contribution in [3.63, 3.8) is 0 Å². The molecule has 1 aliphatic rings. The van der Waals surface area contributed by atoms with E-state index in [9.17, 15) is 14.4 Å². The number of carbonyl (C=O) groups excluding carboxylic acids is 3. The van der Waals surface area contributed by atoms with Crippen LogP contribution in [-0.4, -0.2) is 22.4 Å². The highest BCUT2D eigenvalue weighted by Crippen LogP contribution is 2.29. The normalized spacial score (nSPS) is 16.0. The van der Waals surface area contributed by atoms with Gasteiger partial charge in [0.2, 0.25) is 0 Å². The van der Waals surface area contributed by atoms with E-state index in [1.807, 2.05) is 61.9 Å². The van der Waals surface area contributed by atoms with Crippen LogP contribution < -0.4 is 10.2 Å². The third-order valence-corrected chi connectivity index (χ3v) is 5.44. The van der Waals surface area contributed by atoms with Crippen molar-refractivity contribution in [1.29, 1.82) is 0 Å². The Labute approximate surface area is 168 Å². The summed E-state index contributed by atoms with van der Waals surface area (Å²) in [6, 6.07) is 14.2. The molecule has 4 rings (SSSR count). The minimum Gasteiger partial charge on any atom is -0.347 e. The van der Waals surface area contributed by atoms with E-state index < -0.39 is 17.8 Å². The molecule has 29 heavy (non-hydrogen) atoms. The number of nitrogens with zero attached hydrogens (tertiary/aromatic N) is 2. The highest BCUT2D eigenvalue weighted by molar-refractivity contribution is 6.39. The highest BCUT2D eigenvalue weighted by Gasteiger charge is 2.37. The number of fused-ring (bicyclic) bond motifs is 1. The third kappa shape index (κ3) is 3.02. The molecule has 6 heteroatoms. The lowest BCUT2D eigenvalue weighted by Crippen LogP contribution is -2.54. The monoisotopic (exact) mass is 387 g/mol. The minimum atomic E-state index is -0.740. The Balaban J connectivity index is 1.81. The molecule has 2 aromatic carbocycles. The summed E-state index contributed by atoms with van der Waals surface area (Å²) in [6.07, 6.45) is 2.43. The number of nitrogens with one attached hydrogen (secondary N) is 1. The molecule has 0 bridgehead atoms. The number of carbonyl (C=O) groups is 3. The maximum absolute atomic E-state index is 13.1. The van der Waals surface area contributed by atoms with Gasteiger partial charge in [-0.25, -0.2) is 9.69 Å². The Morgan fingerprint density at radius 3 is 2.38 bits per heavy atom. The van der Waals surface area contributed by atoms with Gasteiger partial charge in [-0.05, 0) is 43.2 Å². The quantitative estimate of drug-likeness (QED) is 0.550. The summed E-state index contributed by atoms with van der Waals surface area (Å²) in [4.78, 5) is 39.0. The molecule has 1 aromatic heterocycles. The standard InChI is InChI=1S/C23H21N3O3/c1-4-15-9-11-16(12-10-15)26-22(28)19(21(27)24-23(26)29)13-18-14(2)25(3)20-8-6-5-7-17(18)20/h5-13H,4H2,1-3H3,(H,24,27,29)/b19-13-. The molecule has 0 atom stereocenters. The molecular weight excluding hydrogens is 366 g/mol. The van der Waals surface area contributed by atoms with Gasteiger partial charge in [-0.2, -0.15) is 0 Å². The van der Waals surface area contributed by atoms with Crippen LogP contribution in [0.2, 0.25) is 0 Å². The second-order valence-corrected chi connectivity index (χ2v) is 7.05.